The van der Waals surface area contributed by atoms with Gasteiger partial charge in [0.15, 0.2) is 0 Å². The van der Waals surface area contributed by atoms with Crippen LogP contribution >= 0.6 is 23.1 Å². The van der Waals surface area contributed by atoms with E-state index in [1.807, 2.05) is 74.7 Å². The molecule has 15 heteroatoms. The second-order valence-electron chi connectivity index (χ2n) is 11.4. The summed E-state index contributed by atoms with van der Waals surface area (Å²) in [6.45, 7) is 3.85. The molecule has 0 saturated carbocycles. The van der Waals surface area contributed by atoms with Gasteiger partial charge >= 0.3 is 12.2 Å². The van der Waals surface area contributed by atoms with E-state index in [2.05, 4.69) is 26.4 Å². The molecule has 0 radical (unpaired) electrons. The number of aliphatic hydroxyl groups is 1. The number of hydrogen-bond donors (Lipinski definition) is 5. The van der Waals surface area contributed by atoms with Gasteiger partial charge in [0.25, 0.3) is 5.91 Å². The fraction of sp³-hybridized carbons (Fsp3) is 0.441. The number of ether oxygens (including phenoxy) is 2. The van der Waals surface area contributed by atoms with Crippen molar-refractivity contribution in [2.45, 2.75) is 57.5 Å². The molecule has 1 heterocycles. The molecule has 49 heavy (non-hydrogen) atoms. The Morgan fingerprint density at radius 2 is 1.61 bits per heavy atom. The van der Waals surface area contributed by atoms with Crippen LogP contribution < -0.4 is 21.4 Å². The zero-order chi connectivity index (χ0) is 35.8. The first-order valence-corrected chi connectivity index (χ1v) is 18.1. The molecule has 0 fully saturated rings. The van der Waals surface area contributed by atoms with Gasteiger partial charge in [-0.3, -0.25) is 20.0 Å². The lowest BCUT2D eigenvalue weighted by atomic mass is 9.96. The number of alkyl carbamates (subject to hydrolysis) is 2. The molecule has 5 unspecified atom stereocenters. The quantitative estimate of drug-likeness (QED) is 0.123. The number of nitrogens with one attached hydrogen (secondary N) is 4. The van der Waals surface area contributed by atoms with Crippen LogP contribution in [0, 0.1) is 5.92 Å². The first kappa shape index (κ1) is 39.3. The van der Waals surface area contributed by atoms with Crippen molar-refractivity contribution < 1.29 is 33.8 Å². The van der Waals surface area contributed by atoms with Gasteiger partial charge in [0.2, 0.25) is 5.91 Å². The summed E-state index contributed by atoms with van der Waals surface area (Å²) < 4.78 is 9.47. The fourth-order valence-electron chi connectivity index (χ4n) is 4.95. The predicted octanol–water partition coefficient (Wildman–Crippen LogP) is 3.59. The number of hydrazine groups is 1. The number of thiazole rings is 1. The second kappa shape index (κ2) is 20.4. The smallest absolute Gasteiger partial charge is 0.407 e. The minimum atomic E-state index is -1.19. The monoisotopic (exact) mass is 714 g/mol. The molecule has 13 nitrogen and oxygen atoms in total. The number of methoxy groups -OCH3 is 2. The van der Waals surface area contributed by atoms with E-state index < -0.39 is 48.2 Å². The Kier molecular flexibility index (Phi) is 16.3. The number of aromatic nitrogens is 1. The van der Waals surface area contributed by atoms with E-state index in [0.29, 0.717) is 6.42 Å². The molecule has 0 aliphatic heterocycles. The average molecular weight is 715 g/mol. The van der Waals surface area contributed by atoms with Crippen LogP contribution in [-0.4, -0.2) is 96.1 Å². The van der Waals surface area contributed by atoms with E-state index >= 15 is 0 Å². The molecule has 0 aliphatic carbocycles. The lowest BCUT2D eigenvalue weighted by Gasteiger charge is -2.33. The summed E-state index contributed by atoms with van der Waals surface area (Å²) in [6, 6.07) is 14.5. The Bertz CT molecular complexity index is 1460. The summed E-state index contributed by atoms with van der Waals surface area (Å²) in [5, 5.41) is 21.4. The van der Waals surface area contributed by atoms with Gasteiger partial charge in [-0.25, -0.2) is 14.6 Å². The van der Waals surface area contributed by atoms with E-state index in [1.165, 1.54) is 37.3 Å². The molecule has 0 aliphatic rings. The lowest BCUT2D eigenvalue weighted by molar-refractivity contribution is -0.129. The maximum Gasteiger partial charge on any atom is 0.407 e. The highest BCUT2D eigenvalue weighted by Crippen LogP contribution is 2.23. The third-order valence-corrected chi connectivity index (χ3v) is 9.38. The standard InChI is InChI=1S/C34H46N6O7S2/c1-6-22(2)30(38-34(45)47-4)32(43)36-26(16-23-10-8-7-9-11-23)28(41)19-40(39-31(42)27(20-48-5)37-33(44)46-3)18-24-12-14-25(15-13-24)29-17-35-21-49-29/h7-15,17,21-22,26-28,30,41H,6,16,18-20H2,1-5H3,(H,36,43)(H,37,44)(H,38,45)(H,39,42). The molecule has 5 N–H and O–H groups in total. The SMILES string of the molecule is CCC(C)C(NC(=O)OC)C(=O)NC(Cc1ccccc1)C(O)CN(Cc1ccc(-c2cncs2)cc1)NC(=O)C(CSC)NC(=O)OC. The van der Waals surface area contributed by atoms with Crippen molar-refractivity contribution in [2.24, 2.45) is 5.92 Å². The van der Waals surface area contributed by atoms with Crippen molar-refractivity contribution in [2.75, 3.05) is 32.8 Å². The lowest BCUT2D eigenvalue weighted by Crippen LogP contribution is -2.59. The van der Waals surface area contributed by atoms with E-state index in [1.54, 1.807) is 16.7 Å². The van der Waals surface area contributed by atoms with Crippen molar-refractivity contribution in [1.82, 2.24) is 31.4 Å². The largest absolute Gasteiger partial charge is 0.453 e. The molecule has 0 spiro atoms. The molecule has 1 aromatic heterocycles. The van der Waals surface area contributed by atoms with Crippen molar-refractivity contribution in [1.29, 1.82) is 0 Å². The highest BCUT2D eigenvalue weighted by Gasteiger charge is 2.32. The van der Waals surface area contributed by atoms with Crippen LogP contribution in [0.25, 0.3) is 10.4 Å². The van der Waals surface area contributed by atoms with Crippen LogP contribution in [0.1, 0.15) is 31.4 Å². The summed E-state index contributed by atoms with van der Waals surface area (Å²) >= 11 is 2.89. The number of carbonyl (C=O) groups excluding carboxylic acids is 4. The third-order valence-electron chi connectivity index (χ3n) is 7.89. The number of hydrogen-bond acceptors (Lipinski definition) is 11. The Balaban J connectivity index is 1.90. The van der Waals surface area contributed by atoms with Crippen molar-refractivity contribution in [3.8, 4) is 10.4 Å². The highest BCUT2D eigenvalue weighted by molar-refractivity contribution is 7.98. The Hall–Kier alpha value is -4.18. The number of carbonyl (C=O) groups is 4. The first-order valence-electron chi connectivity index (χ1n) is 15.8. The van der Waals surface area contributed by atoms with Crippen molar-refractivity contribution in [3.63, 3.8) is 0 Å². The molecule has 2 aromatic carbocycles. The molecule has 5 atom stereocenters. The van der Waals surface area contributed by atoms with Gasteiger partial charge < -0.3 is 30.5 Å². The average Bonchev–Trinajstić information content (AvgIpc) is 3.65. The van der Waals surface area contributed by atoms with Gasteiger partial charge in [-0.2, -0.15) is 11.8 Å². The number of thioether (sulfide) groups is 1. The predicted molar refractivity (Wildman–Crippen MR) is 191 cm³/mol. The molecular formula is C34H46N6O7S2. The molecule has 266 valence electrons. The molecule has 0 saturated heterocycles. The zero-order valence-corrected chi connectivity index (χ0v) is 30.0. The number of benzene rings is 2. The second-order valence-corrected chi connectivity index (χ2v) is 13.2. The first-order chi connectivity index (χ1) is 23.6. The van der Waals surface area contributed by atoms with Crippen LogP contribution in [0.2, 0.25) is 0 Å². The molecule has 4 amide bonds. The number of amides is 4. The van der Waals surface area contributed by atoms with Crippen molar-refractivity contribution in [3.05, 3.63) is 77.4 Å². The Morgan fingerprint density at radius 1 is 0.939 bits per heavy atom. The minimum absolute atomic E-state index is 0.0945. The molecule has 3 aromatic rings. The van der Waals surface area contributed by atoms with Crippen LogP contribution in [0.5, 0.6) is 0 Å². The topological polar surface area (TPSA) is 171 Å². The zero-order valence-electron chi connectivity index (χ0n) is 28.4. The number of rotatable bonds is 18. The van der Waals surface area contributed by atoms with Gasteiger partial charge in [0, 0.05) is 25.0 Å². The van der Waals surface area contributed by atoms with Gasteiger partial charge in [0.05, 0.1) is 36.8 Å². The summed E-state index contributed by atoms with van der Waals surface area (Å²) in [7, 11) is 2.44. The molecule has 3 rings (SSSR count). The Labute approximate surface area is 295 Å². The highest BCUT2D eigenvalue weighted by atomic mass is 32.2. The van der Waals surface area contributed by atoms with Crippen LogP contribution in [0.3, 0.4) is 0 Å². The number of nitrogens with zero attached hydrogens (tertiary/aromatic N) is 2. The summed E-state index contributed by atoms with van der Waals surface area (Å²) in [6.07, 6.45) is 1.79. The maximum atomic E-state index is 13.6. The fourth-order valence-corrected chi connectivity index (χ4v) is 6.15. The van der Waals surface area contributed by atoms with Crippen LogP contribution in [0.15, 0.2) is 66.3 Å². The minimum Gasteiger partial charge on any atom is -0.453 e. The van der Waals surface area contributed by atoms with Gasteiger partial charge in [-0.05, 0) is 35.3 Å². The van der Waals surface area contributed by atoms with E-state index in [-0.39, 0.29) is 31.2 Å². The Morgan fingerprint density at radius 3 is 2.20 bits per heavy atom. The third kappa shape index (κ3) is 12.7. The van der Waals surface area contributed by atoms with E-state index in [9.17, 15) is 24.3 Å². The van der Waals surface area contributed by atoms with E-state index in [0.717, 1.165) is 21.6 Å². The van der Waals surface area contributed by atoms with Gasteiger partial charge in [-0.1, -0.05) is 74.9 Å². The number of aliphatic hydroxyl groups excluding tert-OH is 1. The van der Waals surface area contributed by atoms with Gasteiger partial charge in [0.1, 0.15) is 12.1 Å². The normalized spacial score (nSPS) is 14.1. The molecular weight excluding hydrogens is 669 g/mol. The van der Waals surface area contributed by atoms with E-state index in [4.69, 9.17) is 9.47 Å². The summed E-state index contributed by atoms with van der Waals surface area (Å²) in [4.78, 5) is 56.4. The van der Waals surface area contributed by atoms with Crippen molar-refractivity contribution >= 4 is 47.1 Å². The van der Waals surface area contributed by atoms with Crippen LogP contribution in [-0.2, 0) is 32.0 Å². The van der Waals surface area contributed by atoms with Gasteiger partial charge in [-0.15, -0.1) is 11.3 Å². The molecule has 0 bridgehead atoms. The summed E-state index contributed by atoms with van der Waals surface area (Å²) in [5.41, 5.74) is 7.32. The van der Waals surface area contributed by atoms with Crippen LogP contribution in [0.4, 0.5) is 9.59 Å². The summed E-state index contributed by atoms with van der Waals surface area (Å²) in [5.74, 6) is -0.933. The maximum absolute atomic E-state index is 13.6.